The van der Waals surface area contributed by atoms with Gasteiger partial charge in [0.15, 0.2) is 23.1 Å². The summed E-state index contributed by atoms with van der Waals surface area (Å²) in [5.41, 5.74) is 0.885. The van der Waals surface area contributed by atoms with Crippen LogP contribution in [0.3, 0.4) is 0 Å². The van der Waals surface area contributed by atoms with E-state index in [1.165, 1.54) is 25.3 Å². The summed E-state index contributed by atoms with van der Waals surface area (Å²) >= 11 is 0. The second-order valence-electron chi connectivity index (χ2n) is 4.45. The summed E-state index contributed by atoms with van der Waals surface area (Å²) in [6.07, 6.45) is -0.752. The van der Waals surface area contributed by atoms with E-state index in [4.69, 9.17) is 14.7 Å². The maximum absolute atomic E-state index is 13.9. The lowest BCUT2D eigenvalue weighted by atomic mass is 10.1. The van der Waals surface area contributed by atoms with Crippen LogP contribution in [0.25, 0.3) is 0 Å². The maximum Gasteiger partial charge on any atom is 0.169 e. The molecular formula is C16H14FNO3. The van der Waals surface area contributed by atoms with E-state index in [0.717, 1.165) is 0 Å². The van der Waals surface area contributed by atoms with Gasteiger partial charge in [0.25, 0.3) is 0 Å². The van der Waals surface area contributed by atoms with Crippen LogP contribution in [0.15, 0.2) is 36.4 Å². The van der Waals surface area contributed by atoms with Crippen LogP contribution in [0.1, 0.15) is 24.2 Å². The SMILES string of the molecule is COc1cc(C#N)ccc1Oc1ccc([C@H](C)O)cc1F. The number of benzene rings is 2. The lowest BCUT2D eigenvalue weighted by molar-refractivity contribution is 0.198. The van der Waals surface area contributed by atoms with Crippen molar-refractivity contribution in [3.63, 3.8) is 0 Å². The smallest absolute Gasteiger partial charge is 0.169 e. The van der Waals surface area contributed by atoms with Gasteiger partial charge in [-0.15, -0.1) is 0 Å². The highest BCUT2D eigenvalue weighted by Gasteiger charge is 2.12. The highest BCUT2D eigenvalue weighted by atomic mass is 19.1. The van der Waals surface area contributed by atoms with Crippen molar-refractivity contribution in [3.8, 4) is 23.3 Å². The highest BCUT2D eigenvalue weighted by molar-refractivity contribution is 5.48. The number of methoxy groups -OCH3 is 1. The van der Waals surface area contributed by atoms with E-state index in [1.807, 2.05) is 6.07 Å². The second kappa shape index (κ2) is 6.25. The molecule has 0 saturated carbocycles. The molecule has 0 heterocycles. The molecule has 0 amide bonds. The number of rotatable bonds is 4. The lowest BCUT2D eigenvalue weighted by Gasteiger charge is -2.12. The van der Waals surface area contributed by atoms with Gasteiger partial charge in [-0.2, -0.15) is 5.26 Å². The van der Waals surface area contributed by atoms with Gasteiger partial charge in [-0.3, -0.25) is 0 Å². The molecule has 0 bridgehead atoms. The Hall–Kier alpha value is -2.58. The molecular weight excluding hydrogens is 273 g/mol. The average molecular weight is 287 g/mol. The van der Waals surface area contributed by atoms with Gasteiger partial charge >= 0.3 is 0 Å². The Balaban J connectivity index is 2.32. The first kappa shape index (κ1) is 14.8. The van der Waals surface area contributed by atoms with Crippen molar-refractivity contribution in [3.05, 3.63) is 53.3 Å². The fraction of sp³-hybridized carbons (Fsp3) is 0.188. The van der Waals surface area contributed by atoms with E-state index >= 15 is 0 Å². The minimum atomic E-state index is -0.752. The number of ether oxygens (including phenoxy) is 2. The van der Waals surface area contributed by atoms with E-state index in [9.17, 15) is 9.50 Å². The van der Waals surface area contributed by atoms with E-state index in [1.54, 1.807) is 25.1 Å². The zero-order chi connectivity index (χ0) is 15.4. The molecule has 0 saturated heterocycles. The van der Waals surface area contributed by atoms with Crippen molar-refractivity contribution in [1.29, 1.82) is 5.26 Å². The van der Waals surface area contributed by atoms with Gasteiger partial charge in [0.05, 0.1) is 24.8 Å². The monoisotopic (exact) mass is 287 g/mol. The van der Waals surface area contributed by atoms with Crippen molar-refractivity contribution in [2.24, 2.45) is 0 Å². The first-order valence-corrected chi connectivity index (χ1v) is 6.28. The molecule has 2 aromatic carbocycles. The van der Waals surface area contributed by atoms with E-state index in [-0.39, 0.29) is 5.75 Å². The fourth-order valence-corrected chi connectivity index (χ4v) is 1.80. The molecule has 1 N–H and O–H groups in total. The van der Waals surface area contributed by atoms with Gasteiger partial charge < -0.3 is 14.6 Å². The Morgan fingerprint density at radius 1 is 1.14 bits per heavy atom. The predicted octanol–water partition coefficient (Wildman–Crippen LogP) is 3.55. The number of hydrogen-bond donors (Lipinski definition) is 1. The predicted molar refractivity (Wildman–Crippen MR) is 74.8 cm³/mol. The van der Waals surface area contributed by atoms with Crippen LogP contribution in [-0.4, -0.2) is 12.2 Å². The summed E-state index contributed by atoms with van der Waals surface area (Å²) in [7, 11) is 1.44. The number of nitriles is 1. The van der Waals surface area contributed by atoms with Gasteiger partial charge in [-0.1, -0.05) is 6.07 Å². The molecule has 2 rings (SSSR count). The third kappa shape index (κ3) is 3.30. The molecule has 21 heavy (non-hydrogen) atoms. The van der Waals surface area contributed by atoms with Crippen LogP contribution >= 0.6 is 0 Å². The fourth-order valence-electron chi connectivity index (χ4n) is 1.80. The molecule has 2 aromatic rings. The van der Waals surface area contributed by atoms with Crippen molar-refractivity contribution >= 4 is 0 Å². The number of nitrogens with zero attached hydrogens (tertiary/aromatic N) is 1. The maximum atomic E-state index is 13.9. The topological polar surface area (TPSA) is 62.5 Å². The van der Waals surface area contributed by atoms with Crippen molar-refractivity contribution in [1.82, 2.24) is 0 Å². The normalized spacial score (nSPS) is 11.6. The zero-order valence-corrected chi connectivity index (χ0v) is 11.6. The molecule has 0 aliphatic heterocycles. The van der Waals surface area contributed by atoms with Crippen molar-refractivity contribution in [2.75, 3.05) is 7.11 Å². The Morgan fingerprint density at radius 2 is 1.86 bits per heavy atom. The molecule has 0 spiro atoms. The second-order valence-corrected chi connectivity index (χ2v) is 4.45. The number of halogens is 1. The van der Waals surface area contributed by atoms with Gasteiger partial charge in [0.1, 0.15) is 0 Å². The first-order chi connectivity index (χ1) is 10.0. The third-order valence-electron chi connectivity index (χ3n) is 2.95. The van der Waals surface area contributed by atoms with Gasteiger partial charge in [0.2, 0.25) is 0 Å². The van der Waals surface area contributed by atoms with Gasteiger partial charge in [0, 0.05) is 6.07 Å². The summed E-state index contributed by atoms with van der Waals surface area (Å²) in [4.78, 5) is 0. The summed E-state index contributed by atoms with van der Waals surface area (Å²) in [6.45, 7) is 1.55. The molecule has 0 unspecified atom stereocenters. The zero-order valence-electron chi connectivity index (χ0n) is 11.6. The Morgan fingerprint density at radius 3 is 2.43 bits per heavy atom. The molecule has 4 nitrogen and oxygen atoms in total. The molecule has 1 atom stereocenters. The Bertz CT molecular complexity index is 692. The number of aliphatic hydroxyl groups is 1. The minimum Gasteiger partial charge on any atom is -0.493 e. The summed E-state index contributed by atoms with van der Waals surface area (Å²) in [5.74, 6) is 0.0791. The highest BCUT2D eigenvalue weighted by Crippen LogP contribution is 2.34. The molecule has 0 fully saturated rings. The first-order valence-electron chi connectivity index (χ1n) is 6.28. The Kier molecular flexibility index (Phi) is 4.41. The van der Waals surface area contributed by atoms with Crippen LogP contribution in [0.2, 0.25) is 0 Å². The Labute approximate surface area is 122 Å². The molecule has 0 radical (unpaired) electrons. The van der Waals surface area contributed by atoms with Crippen LogP contribution < -0.4 is 9.47 Å². The number of aliphatic hydroxyl groups excluding tert-OH is 1. The molecule has 0 aromatic heterocycles. The lowest BCUT2D eigenvalue weighted by Crippen LogP contribution is -1.96. The van der Waals surface area contributed by atoms with Crippen LogP contribution in [-0.2, 0) is 0 Å². The standard InChI is InChI=1S/C16H14FNO3/c1-10(19)12-4-6-14(13(17)8-12)21-15-5-3-11(9-18)7-16(15)20-2/h3-8,10,19H,1-2H3/t10-/m0/s1. The third-order valence-corrected chi connectivity index (χ3v) is 2.95. The van der Waals surface area contributed by atoms with Crippen LogP contribution in [0.5, 0.6) is 17.2 Å². The van der Waals surface area contributed by atoms with E-state index in [0.29, 0.717) is 22.6 Å². The van der Waals surface area contributed by atoms with Gasteiger partial charge in [-0.25, -0.2) is 4.39 Å². The summed E-state index contributed by atoms with van der Waals surface area (Å²) in [5, 5.41) is 18.2. The van der Waals surface area contributed by atoms with Crippen molar-refractivity contribution in [2.45, 2.75) is 13.0 Å². The molecule has 108 valence electrons. The van der Waals surface area contributed by atoms with E-state index in [2.05, 4.69) is 0 Å². The number of hydrogen-bond acceptors (Lipinski definition) is 4. The summed E-state index contributed by atoms with van der Waals surface area (Å²) in [6, 6.07) is 10.8. The average Bonchev–Trinajstić information content (AvgIpc) is 2.49. The molecule has 0 aliphatic rings. The minimum absolute atomic E-state index is 0.0161. The van der Waals surface area contributed by atoms with E-state index < -0.39 is 11.9 Å². The van der Waals surface area contributed by atoms with Crippen molar-refractivity contribution < 1.29 is 19.0 Å². The largest absolute Gasteiger partial charge is 0.493 e. The molecule has 0 aliphatic carbocycles. The van der Waals surface area contributed by atoms with Crippen LogP contribution in [0.4, 0.5) is 4.39 Å². The van der Waals surface area contributed by atoms with Gasteiger partial charge in [-0.05, 0) is 36.8 Å². The molecule has 5 heteroatoms. The summed E-state index contributed by atoms with van der Waals surface area (Å²) < 4.78 is 24.5. The quantitative estimate of drug-likeness (QED) is 0.934. The van der Waals surface area contributed by atoms with Crippen LogP contribution in [0, 0.1) is 17.1 Å².